The van der Waals surface area contributed by atoms with Crippen molar-refractivity contribution in [2.24, 2.45) is 5.92 Å². The lowest BCUT2D eigenvalue weighted by atomic mass is 9.72. The number of benzene rings is 2. The Morgan fingerprint density at radius 3 is 2.53 bits per heavy atom. The number of piperidine rings is 1. The van der Waals surface area contributed by atoms with Gasteiger partial charge in [-0.15, -0.1) is 0 Å². The van der Waals surface area contributed by atoms with E-state index in [4.69, 9.17) is 4.74 Å². The van der Waals surface area contributed by atoms with Gasteiger partial charge < -0.3 is 20.1 Å². The maximum absolute atomic E-state index is 12.8. The van der Waals surface area contributed by atoms with Gasteiger partial charge in [-0.25, -0.2) is 0 Å². The summed E-state index contributed by atoms with van der Waals surface area (Å²) in [6.45, 7) is 7.38. The van der Waals surface area contributed by atoms with Gasteiger partial charge in [0, 0.05) is 24.0 Å². The molecule has 4 atom stereocenters. The second-order valence-corrected chi connectivity index (χ2v) is 11.2. The van der Waals surface area contributed by atoms with Crippen molar-refractivity contribution in [1.29, 1.82) is 0 Å². The van der Waals surface area contributed by atoms with Crippen molar-refractivity contribution in [2.45, 2.75) is 69.2 Å². The summed E-state index contributed by atoms with van der Waals surface area (Å²) in [5.41, 5.74) is 8.86. The topological polar surface area (TPSA) is 85.9 Å². The predicted molar refractivity (Wildman–Crippen MR) is 141 cm³/mol. The zero-order chi connectivity index (χ0) is 25.1. The van der Waals surface area contributed by atoms with Crippen LogP contribution >= 0.6 is 0 Å². The Balaban J connectivity index is 1.20. The van der Waals surface area contributed by atoms with E-state index in [-0.39, 0.29) is 17.9 Å². The van der Waals surface area contributed by atoms with E-state index in [1.807, 2.05) is 48.5 Å². The van der Waals surface area contributed by atoms with Gasteiger partial charge in [0.1, 0.15) is 5.75 Å². The lowest BCUT2D eigenvalue weighted by Crippen LogP contribution is -2.52. The number of aliphatic hydroxyl groups excluding tert-OH is 1. The van der Waals surface area contributed by atoms with Gasteiger partial charge in [-0.05, 0) is 68.0 Å². The van der Waals surface area contributed by atoms with E-state index in [0.29, 0.717) is 23.8 Å². The molecule has 2 unspecified atom stereocenters. The van der Waals surface area contributed by atoms with Crippen LogP contribution in [-0.4, -0.2) is 60.3 Å². The average Bonchev–Trinajstić information content (AvgIpc) is 3.40. The number of likely N-dealkylation sites (tertiary alicyclic amines) is 1. The summed E-state index contributed by atoms with van der Waals surface area (Å²) in [5.74, 6) is 1.13. The fourth-order valence-electron chi connectivity index (χ4n) is 6.46. The molecule has 0 saturated carbocycles. The van der Waals surface area contributed by atoms with E-state index in [9.17, 15) is 9.90 Å². The van der Waals surface area contributed by atoms with Gasteiger partial charge in [0.05, 0.1) is 12.1 Å². The highest BCUT2D eigenvalue weighted by Gasteiger charge is 2.53. The zero-order valence-corrected chi connectivity index (χ0v) is 21.5. The smallest absolute Gasteiger partial charge is 0.258 e. The molecule has 36 heavy (non-hydrogen) atoms. The van der Waals surface area contributed by atoms with Crippen LogP contribution in [0.2, 0.25) is 0 Å². The molecule has 1 amide bonds. The lowest BCUT2D eigenvalue weighted by molar-refractivity contribution is -0.125. The maximum Gasteiger partial charge on any atom is 0.258 e. The summed E-state index contributed by atoms with van der Waals surface area (Å²) < 4.78 is 5.63. The summed E-state index contributed by atoms with van der Waals surface area (Å²) >= 11 is 0. The molecule has 2 aromatic carbocycles. The number of hydrazine groups is 1. The number of nitrogens with one attached hydrogen (secondary N) is 3. The Morgan fingerprint density at radius 1 is 1.08 bits per heavy atom. The zero-order valence-electron chi connectivity index (χ0n) is 21.5. The Labute approximate surface area is 214 Å². The number of hydrogen-bond acceptors (Lipinski definition) is 6. The van der Waals surface area contributed by atoms with Crippen LogP contribution in [0.1, 0.15) is 56.7 Å². The van der Waals surface area contributed by atoms with Crippen molar-refractivity contribution in [3.8, 4) is 5.75 Å². The standard InChI is InChI=1S/C29H40N4O3/c1-20(2)16-21-17-22(32-31-21)18-33-14-12-29(13-15-33)25-11-7-6-10-24(25)27(28(29)35)30-26(34)19-36-23-8-4-3-5-9-23/h3-11,20-22,27-28,31-32,35H,12-19H2,1-2H3,(H,30,34)/t21?,22?,27-,28+/m1/s1. The molecule has 2 aliphatic heterocycles. The Hall–Kier alpha value is -2.45. The molecular weight excluding hydrogens is 452 g/mol. The predicted octanol–water partition coefficient (Wildman–Crippen LogP) is 2.91. The molecule has 194 valence electrons. The average molecular weight is 493 g/mol. The number of aliphatic hydroxyl groups is 1. The van der Waals surface area contributed by atoms with E-state index in [1.54, 1.807) is 0 Å². The van der Waals surface area contributed by atoms with Crippen LogP contribution in [0, 0.1) is 5.92 Å². The number of amides is 1. The third-order valence-electron chi connectivity index (χ3n) is 8.19. The SMILES string of the molecule is CC(C)CC1CC(CN2CCC3(CC2)c2ccccc2[C@@H](NC(=O)COc2ccccc2)[C@@H]3O)NN1. The van der Waals surface area contributed by atoms with Crippen molar-refractivity contribution in [2.75, 3.05) is 26.2 Å². The van der Waals surface area contributed by atoms with Crippen molar-refractivity contribution >= 4 is 5.91 Å². The summed E-state index contributed by atoms with van der Waals surface area (Å²) in [6, 6.07) is 18.1. The fraction of sp³-hybridized carbons (Fsp3) is 0.552. The molecule has 3 aliphatic rings. The van der Waals surface area contributed by atoms with Crippen molar-refractivity contribution in [1.82, 2.24) is 21.1 Å². The van der Waals surface area contributed by atoms with E-state index in [2.05, 4.69) is 41.0 Å². The van der Waals surface area contributed by atoms with Gasteiger partial charge in [-0.2, -0.15) is 0 Å². The quantitative estimate of drug-likeness (QED) is 0.454. The van der Waals surface area contributed by atoms with Crippen LogP contribution in [0.3, 0.4) is 0 Å². The Morgan fingerprint density at radius 2 is 1.78 bits per heavy atom. The van der Waals surface area contributed by atoms with Gasteiger partial charge in [0.15, 0.2) is 6.61 Å². The second kappa shape index (κ2) is 10.9. The van der Waals surface area contributed by atoms with E-state index >= 15 is 0 Å². The number of nitrogens with zero attached hydrogens (tertiary/aromatic N) is 1. The molecular formula is C29H40N4O3. The molecule has 2 saturated heterocycles. The third-order valence-corrected chi connectivity index (χ3v) is 8.19. The fourth-order valence-corrected chi connectivity index (χ4v) is 6.46. The molecule has 0 radical (unpaired) electrons. The van der Waals surface area contributed by atoms with E-state index in [1.165, 1.54) is 12.0 Å². The Bertz CT molecular complexity index is 1020. The van der Waals surface area contributed by atoms with Crippen LogP contribution in [0.25, 0.3) is 0 Å². The molecule has 2 aromatic rings. The van der Waals surface area contributed by atoms with Crippen LogP contribution in [-0.2, 0) is 10.2 Å². The minimum atomic E-state index is -0.653. The molecule has 4 N–H and O–H groups in total. The normalized spacial score (nSPS) is 27.3. The highest BCUT2D eigenvalue weighted by atomic mass is 16.5. The summed E-state index contributed by atoms with van der Waals surface area (Å²) in [6.07, 6.45) is 3.46. The summed E-state index contributed by atoms with van der Waals surface area (Å²) in [5, 5.41) is 14.7. The minimum absolute atomic E-state index is 0.0730. The third kappa shape index (κ3) is 5.30. The highest BCUT2D eigenvalue weighted by Crippen LogP contribution is 2.50. The number of hydrogen-bond donors (Lipinski definition) is 4. The molecule has 1 aliphatic carbocycles. The molecule has 0 bridgehead atoms. The Kier molecular flexibility index (Phi) is 7.62. The van der Waals surface area contributed by atoms with Gasteiger partial charge in [0.2, 0.25) is 0 Å². The number of ether oxygens (including phenoxy) is 1. The molecule has 1 spiro atoms. The molecule has 7 nitrogen and oxygen atoms in total. The molecule has 5 rings (SSSR count). The monoisotopic (exact) mass is 492 g/mol. The second-order valence-electron chi connectivity index (χ2n) is 11.2. The number of carbonyl (C=O) groups is 1. The van der Waals surface area contributed by atoms with Crippen molar-refractivity contribution < 1.29 is 14.6 Å². The molecule has 2 fully saturated rings. The van der Waals surface area contributed by atoms with Gasteiger partial charge in [-0.1, -0.05) is 56.3 Å². The summed E-state index contributed by atoms with van der Waals surface area (Å²) in [7, 11) is 0. The van der Waals surface area contributed by atoms with Crippen LogP contribution in [0.15, 0.2) is 54.6 Å². The lowest BCUT2D eigenvalue weighted by Gasteiger charge is -2.43. The molecule has 0 aromatic heterocycles. The van der Waals surface area contributed by atoms with Crippen LogP contribution in [0.5, 0.6) is 5.75 Å². The van der Waals surface area contributed by atoms with Gasteiger partial charge in [-0.3, -0.25) is 15.6 Å². The molecule has 7 heteroatoms. The first-order chi connectivity index (χ1) is 17.4. The first-order valence-electron chi connectivity index (χ1n) is 13.4. The number of fused-ring (bicyclic) bond motifs is 2. The summed E-state index contributed by atoms with van der Waals surface area (Å²) in [4.78, 5) is 15.3. The largest absolute Gasteiger partial charge is 0.484 e. The van der Waals surface area contributed by atoms with E-state index in [0.717, 1.165) is 44.5 Å². The van der Waals surface area contributed by atoms with Crippen LogP contribution < -0.4 is 20.9 Å². The first kappa shape index (κ1) is 25.2. The number of para-hydroxylation sites is 1. The van der Waals surface area contributed by atoms with Gasteiger partial charge in [0.25, 0.3) is 5.91 Å². The van der Waals surface area contributed by atoms with Crippen molar-refractivity contribution in [3.63, 3.8) is 0 Å². The highest BCUT2D eigenvalue weighted by molar-refractivity contribution is 5.78. The minimum Gasteiger partial charge on any atom is -0.484 e. The van der Waals surface area contributed by atoms with E-state index < -0.39 is 12.1 Å². The molecule has 2 heterocycles. The maximum atomic E-state index is 12.8. The first-order valence-corrected chi connectivity index (χ1v) is 13.4. The van der Waals surface area contributed by atoms with Crippen LogP contribution in [0.4, 0.5) is 0 Å². The number of rotatable bonds is 8. The number of carbonyl (C=O) groups excluding carboxylic acids is 1. The van der Waals surface area contributed by atoms with Gasteiger partial charge >= 0.3 is 0 Å². The van der Waals surface area contributed by atoms with Crippen molar-refractivity contribution in [3.05, 3.63) is 65.7 Å².